The topological polar surface area (TPSA) is 74.6 Å². The molecule has 0 spiro atoms. The lowest BCUT2D eigenvalue weighted by Crippen LogP contribution is -2.26. The summed E-state index contributed by atoms with van der Waals surface area (Å²) in [6.45, 7) is 3.95. The molecule has 4 aromatic rings. The largest absolute Gasteiger partial charge is 0.461 e. The molecule has 0 aliphatic carbocycles. The van der Waals surface area contributed by atoms with Gasteiger partial charge in [-0.25, -0.2) is 17.2 Å². The molecule has 0 aliphatic heterocycles. The van der Waals surface area contributed by atoms with Crippen molar-refractivity contribution in [3.8, 4) is 0 Å². The molecule has 1 atom stereocenters. The van der Waals surface area contributed by atoms with Crippen molar-refractivity contribution >= 4 is 73.2 Å². The van der Waals surface area contributed by atoms with E-state index in [2.05, 4.69) is 15.9 Å². The summed E-state index contributed by atoms with van der Waals surface area (Å²) < 4.78 is 41.3. The van der Waals surface area contributed by atoms with Crippen molar-refractivity contribution in [2.45, 2.75) is 18.7 Å². The Kier molecular flexibility index (Phi) is 7.99. The standard InChI is InChI=1S/C25H22BrClNO5PS/c1-3-32-25(29)23-24(34(33-4-2)19-10-8-9-17(26)15-19)21-16-18(27)13-14-22(21)28(23)35(30,31)20-11-6-5-7-12-20/h5-16H,3-4H2,1-2H3. The van der Waals surface area contributed by atoms with E-state index in [1.54, 1.807) is 43.3 Å². The fraction of sp³-hybridized carbons (Fsp3) is 0.160. The molecule has 6 nitrogen and oxygen atoms in total. The Labute approximate surface area is 218 Å². The van der Waals surface area contributed by atoms with Gasteiger partial charge in [0, 0.05) is 32.1 Å². The van der Waals surface area contributed by atoms with Gasteiger partial charge < -0.3 is 9.26 Å². The highest BCUT2D eigenvalue weighted by Gasteiger charge is 2.36. The summed E-state index contributed by atoms with van der Waals surface area (Å²) >= 11 is 9.86. The number of benzene rings is 3. The van der Waals surface area contributed by atoms with Crippen LogP contribution in [-0.4, -0.2) is 31.6 Å². The molecule has 4 rings (SSSR count). The minimum Gasteiger partial charge on any atom is -0.461 e. The van der Waals surface area contributed by atoms with Crippen LogP contribution in [0.3, 0.4) is 0 Å². The van der Waals surface area contributed by atoms with Crippen LogP contribution in [0.5, 0.6) is 0 Å². The first kappa shape index (κ1) is 25.9. The molecule has 1 aromatic heterocycles. The van der Waals surface area contributed by atoms with E-state index in [4.69, 9.17) is 20.9 Å². The second-order valence-corrected chi connectivity index (χ2v) is 12.3. The molecule has 10 heteroatoms. The molecule has 182 valence electrons. The van der Waals surface area contributed by atoms with E-state index in [1.807, 2.05) is 31.2 Å². The van der Waals surface area contributed by atoms with Gasteiger partial charge in [0.2, 0.25) is 0 Å². The molecule has 0 fully saturated rings. The zero-order valence-corrected chi connectivity index (χ0v) is 23.0. The molecule has 1 unspecified atom stereocenters. The molecule has 0 bridgehead atoms. The normalized spacial score (nSPS) is 12.6. The lowest BCUT2D eigenvalue weighted by molar-refractivity contribution is 0.0520. The maximum Gasteiger partial charge on any atom is 0.356 e. The highest BCUT2D eigenvalue weighted by molar-refractivity contribution is 9.10. The van der Waals surface area contributed by atoms with E-state index in [0.29, 0.717) is 27.8 Å². The molecule has 0 saturated heterocycles. The Morgan fingerprint density at radius 1 is 1.00 bits per heavy atom. The SMILES string of the molecule is CCOC(=O)c1c(P(OCC)c2cccc(Br)c2)c2cc(Cl)ccc2n1S(=O)(=O)c1ccccc1. The molecular weight excluding hydrogens is 573 g/mol. The Hall–Kier alpha value is -2.22. The van der Waals surface area contributed by atoms with Crippen molar-refractivity contribution in [1.82, 2.24) is 3.97 Å². The zero-order valence-electron chi connectivity index (χ0n) is 18.9. The number of hydrogen-bond acceptors (Lipinski definition) is 5. The van der Waals surface area contributed by atoms with Crippen molar-refractivity contribution in [3.05, 3.63) is 88.0 Å². The lowest BCUT2D eigenvalue weighted by atomic mass is 10.2. The van der Waals surface area contributed by atoms with Gasteiger partial charge in [-0.15, -0.1) is 0 Å². The number of rotatable bonds is 8. The minimum atomic E-state index is -4.17. The molecule has 0 amide bonds. The van der Waals surface area contributed by atoms with Gasteiger partial charge in [-0.2, -0.15) is 0 Å². The summed E-state index contributed by atoms with van der Waals surface area (Å²) in [5.74, 6) is -0.753. The van der Waals surface area contributed by atoms with Crippen LogP contribution in [0.25, 0.3) is 10.9 Å². The third kappa shape index (κ3) is 5.04. The Balaban J connectivity index is 2.15. The summed E-state index contributed by atoms with van der Waals surface area (Å²) in [5.41, 5.74) is 0.228. The summed E-state index contributed by atoms with van der Waals surface area (Å²) in [6, 6.07) is 20.4. The van der Waals surface area contributed by atoms with Crippen LogP contribution in [0.15, 0.2) is 82.2 Å². The molecule has 0 saturated carbocycles. The van der Waals surface area contributed by atoms with E-state index in [1.165, 1.54) is 12.1 Å². The number of halogens is 2. The van der Waals surface area contributed by atoms with E-state index < -0.39 is 24.1 Å². The molecule has 0 aliphatic rings. The number of nitrogens with zero attached hydrogens (tertiary/aromatic N) is 1. The maximum absolute atomic E-state index is 13.9. The van der Waals surface area contributed by atoms with Gasteiger partial charge in [0.1, 0.15) is 0 Å². The molecule has 35 heavy (non-hydrogen) atoms. The van der Waals surface area contributed by atoms with Crippen LogP contribution < -0.4 is 10.6 Å². The van der Waals surface area contributed by atoms with Crippen LogP contribution in [0.2, 0.25) is 5.02 Å². The van der Waals surface area contributed by atoms with E-state index in [-0.39, 0.29) is 17.2 Å². The number of carbonyl (C=O) groups is 1. The van der Waals surface area contributed by atoms with E-state index >= 15 is 0 Å². The predicted molar refractivity (Wildman–Crippen MR) is 144 cm³/mol. The summed E-state index contributed by atoms with van der Waals surface area (Å²) in [6.07, 6.45) is 0. The Morgan fingerprint density at radius 2 is 1.74 bits per heavy atom. The van der Waals surface area contributed by atoms with Gasteiger partial charge in [-0.3, -0.25) is 0 Å². The van der Waals surface area contributed by atoms with Crippen LogP contribution in [0.4, 0.5) is 0 Å². The van der Waals surface area contributed by atoms with Crippen LogP contribution >= 0.6 is 35.7 Å². The summed E-state index contributed by atoms with van der Waals surface area (Å²) in [4.78, 5) is 13.5. The minimum absolute atomic E-state index is 0.0483. The van der Waals surface area contributed by atoms with Crippen molar-refractivity contribution < 1.29 is 22.5 Å². The summed E-state index contributed by atoms with van der Waals surface area (Å²) in [7, 11) is -5.79. The van der Waals surface area contributed by atoms with Crippen LogP contribution in [-0.2, 0) is 19.3 Å². The first-order valence-corrected chi connectivity index (χ1v) is 14.7. The average molecular weight is 595 g/mol. The number of hydrogen-bond donors (Lipinski definition) is 0. The molecule has 1 heterocycles. The quantitative estimate of drug-likeness (QED) is 0.189. The van der Waals surface area contributed by atoms with Crippen molar-refractivity contribution in [2.24, 2.45) is 0 Å². The molecule has 0 radical (unpaired) electrons. The Bertz CT molecular complexity index is 1490. The number of fused-ring (bicyclic) bond motifs is 1. The third-order valence-electron chi connectivity index (χ3n) is 5.11. The fourth-order valence-electron chi connectivity index (χ4n) is 3.75. The highest BCUT2D eigenvalue weighted by Crippen LogP contribution is 2.42. The van der Waals surface area contributed by atoms with Crippen molar-refractivity contribution in [3.63, 3.8) is 0 Å². The highest BCUT2D eigenvalue weighted by atomic mass is 79.9. The van der Waals surface area contributed by atoms with Gasteiger partial charge in [0.25, 0.3) is 10.0 Å². The first-order chi connectivity index (χ1) is 16.8. The van der Waals surface area contributed by atoms with Gasteiger partial charge in [0.15, 0.2) is 5.69 Å². The zero-order chi connectivity index (χ0) is 25.2. The smallest absolute Gasteiger partial charge is 0.356 e. The number of carbonyl (C=O) groups excluding carboxylic acids is 1. The average Bonchev–Trinajstić information content (AvgIpc) is 3.18. The van der Waals surface area contributed by atoms with Gasteiger partial charge >= 0.3 is 5.97 Å². The Morgan fingerprint density at radius 3 is 2.40 bits per heavy atom. The molecule has 0 N–H and O–H groups in total. The second-order valence-electron chi connectivity index (χ2n) is 7.35. The third-order valence-corrected chi connectivity index (χ3v) is 9.69. The van der Waals surface area contributed by atoms with Crippen molar-refractivity contribution in [2.75, 3.05) is 13.2 Å². The number of aromatic nitrogens is 1. The van der Waals surface area contributed by atoms with Crippen LogP contribution in [0, 0.1) is 0 Å². The van der Waals surface area contributed by atoms with Crippen LogP contribution in [0.1, 0.15) is 24.3 Å². The monoisotopic (exact) mass is 593 g/mol. The van der Waals surface area contributed by atoms with Crippen molar-refractivity contribution in [1.29, 1.82) is 0 Å². The number of esters is 1. The first-order valence-electron chi connectivity index (χ1n) is 10.8. The lowest BCUT2D eigenvalue weighted by Gasteiger charge is -2.19. The predicted octanol–water partition coefficient (Wildman–Crippen LogP) is 5.86. The fourth-order valence-corrected chi connectivity index (χ4v) is 8.16. The number of ether oxygens (including phenoxy) is 1. The maximum atomic E-state index is 13.9. The second kappa shape index (κ2) is 10.8. The van der Waals surface area contributed by atoms with Gasteiger partial charge in [-0.1, -0.05) is 57.9 Å². The van der Waals surface area contributed by atoms with E-state index in [9.17, 15) is 13.2 Å². The van der Waals surface area contributed by atoms with Gasteiger partial charge in [0.05, 0.1) is 25.2 Å². The molecule has 3 aromatic carbocycles. The molecular formula is C25H22BrClNO5PS. The van der Waals surface area contributed by atoms with Gasteiger partial charge in [-0.05, 0) is 56.3 Å². The summed E-state index contributed by atoms with van der Waals surface area (Å²) in [5, 5.41) is 2.16. The van der Waals surface area contributed by atoms with E-state index in [0.717, 1.165) is 13.7 Å².